The third-order valence-corrected chi connectivity index (χ3v) is 6.51. The molecule has 2 aromatic rings. The summed E-state index contributed by atoms with van der Waals surface area (Å²) in [6, 6.07) is 9.22. The smallest absolute Gasteiger partial charge is 0.0377 e. The van der Waals surface area contributed by atoms with Crippen LogP contribution in [0.15, 0.2) is 29.6 Å². The molecule has 0 N–H and O–H groups in total. The molecular formula is C18H23NS. The molecule has 2 aliphatic carbocycles. The summed E-state index contributed by atoms with van der Waals surface area (Å²) >= 11 is 1.94. The molecule has 0 spiro atoms. The molecule has 0 amide bonds. The Bertz CT molecular complexity index is 615. The number of fused-ring (bicyclic) bond motifs is 3. The van der Waals surface area contributed by atoms with Crippen LogP contribution in [0, 0.1) is 17.8 Å². The number of rotatable bonds is 3. The van der Waals surface area contributed by atoms with Crippen molar-refractivity contribution >= 4 is 21.4 Å². The average Bonchev–Trinajstić information content (AvgIpc) is 3.12. The lowest BCUT2D eigenvalue weighted by molar-refractivity contribution is 0.220. The van der Waals surface area contributed by atoms with Crippen LogP contribution in [0.2, 0.25) is 0 Å². The van der Waals surface area contributed by atoms with E-state index in [-0.39, 0.29) is 0 Å². The summed E-state index contributed by atoms with van der Waals surface area (Å²) in [5.74, 6) is 3.59. The van der Waals surface area contributed by atoms with E-state index in [1.165, 1.54) is 31.2 Å². The highest BCUT2D eigenvalue weighted by molar-refractivity contribution is 7.17. The Morgan fingerprint density at radius 1 is 1.15 bits per heavy atom. The molecule has 106 valence electrons. The molecule has 2 fully saturated rings. The maximum Gasteiger partial charge on any atom is 0.0377 e. The predicted molar refractivity (Wildman–Crippen MR) is 87.4 cm³/mol. The van der Waals surface area contributed by atoms with E-state index in [0.29, 0.717) is 0 Å². The number of nitrogens with zero attached hydrogens (tertiary/aromatic N) is 1. The Kier molecular flexibility index (Phi) is 3.12. The van der Waals surface area contributed by atoms with Gasteiger partial charge in [0.2, 0.25) is 0 Å². The van der Waals surface area contributed by atoms with Crippen LogP contribution in [0.3, 0.4) is 0 Å². The first kappa shape index (κ1) is 12.8. The van der Waals surface area contributed by atoms with Gasteiger partial charge >= 0.3 is 0 Å². The molecule has 0 unspecified atom stereocenters. The second-order valence-corrected chi connectivity index (χ2v) is 7.89. The lowest BCUT2D eigenvalue weighted by Gasteiger charge is -2.33. The molecule has 0 aliphatic heterocycles. The topological polar surface area (TPSA) is 3.24 Å². The lowest BCUT2D eigenvalue weighted by atomic mass is 9.75. The van der Waals surface area contributed by atoms with E-state index in [1.54, 1.807) is 10.3 Å². The Hall–Kier alpha value is -0.860. The van der Waals surface area contributed by atoms with E-state index in [1.807, 2.05) is 11.3 Å². The number of hydrogen-bond acceptors (Lipinski definition) is 2. The highest BCUT2D eigenvalue weighted by Crippen LogP contribution is 2.57. The lowest BCUT2D eigenvalue weighted by Crippen LogP contribution is -2.30. The Balaban J connectivity index is 1.77. The van der Waals surface area contributed by atoms with Gasteiger partial charge in [0.15, 0.2) is 0 Å². The summed E-state index contributed by atoms with van der Waals surface area (Å²) in [6.07, 6.45) is 4.41. The highest BCUT2D eigenvalue weighted by atomic mass is 32.1. The van der Waals surface area contributed by atoms with E-state index in [4.69, 9.17) is 0 Å². The van der Waals surface area contributed by atoms with Crippen LogP contribution in [0.1, 0.15) is 30.7 Å². The minimum Gasteiger partial charge on any atom is -0.309 e. The second-order valence-electron chi connectivity index (χ2n) is 6.97. The third kappa shape index (κ3) is 1.93. The van der Waals surface area contributed by atoms with Crippen molar-refractivity contribution < 1.29 is 0 Å². The van der Waals surface area contributed by atoms with Gasteiger partial charge in [-0.25, -0.2) is 0 Å². The van der Waals surface area contributed by atoms with E-state index >= 15 is 0 Å². The SMILES string of the molecule is CN(C)C[C@H]1[C@H]2CC[C@H](C2)[C@H]1c1cccc2ccsc12. The van der Waals surface area contributed by atoms with Crippen LogP contribution in [-0.2, 0) is 0 Å². The monoisotopic (exact) mass is 285 g/mol. The van der Waals surface area contributed by atoms with Gasteiger partial charge in [0.25, 0.3) is 0 Å². The van der Waals surface area contributed by atoms with Crippen molar-refractivity contribution in [2.24, 2.45) is 17.8 Å². The molecular weight excluding hydrogens is 262 g/mol. The Morgan fingerprint density at radius 2 is 2.00 bits per heavy atom. The summed E-state index contributed by atoms with van der Waals surface area (Å²) in [7, 11) is 4.46. The summed E-state index contributed by atoms with van der Waals surface area (Å²) < 4.78 is 1.55. The van der Waals surface area contributed by atoms with E-state index in [0.717, 1.165) is 23.7 Å². The van der Waals surface area contributed by atoms with Crippen LogP contribution in [0.25, 0.3) is 10.1 Å². The molecule has 1 aromatic heterocycles. The van der Waals surface area contributed by atoms with E-state index < -0.39 is 0 Å². The van der Waals surface area contributed by atoms with Crippen molar-refractivity contribution in [3.05, 3.63) is 35.2 Å². The maximum atomic E-state index is 2.41. The second kappa shape index (κ2) is 4.85. The van der Waals surface area contributed by atoms with Crippen molar-refractivity contribution in [2.45, 2.75) is 25.2 Å². The Labute approximate surface area is 125 Å². The fraction of sp³-hybridized carbons (Fsp3) is 0.556. The fourth-order valence-electron chi connectivity index (χ4n) is 4.86. The highest BCUT2D eigenvalue weighted by Gasteiger charge is 2.48. The fourth-order valence-corrected chi connectivity index (χ4v) is 5.82. The van der Waals surface area contributed by atoms with Gasteiger partial charge in [-0.3, -0.25) is 0 Å². The van der Waals surface area contributed by atoms with Crippen molar-refractivity contribution in [1.82, 2.24) is 4.90 Å². The molecule has 0 radical (unpaired) electrons. The van der Waals surface area contributed by atoms with Crippen LogP contribution in [-0.4, -0.2) is 25.5 Å². The molecule has 2 bridgehead atoms. The summed E-state index contributed by atoms with van der Waals surface area (Å²) in [5.41, 5.74) is 1.65. The van der Waals surface area contributed by atoms with E-state index in [9.17, 15) is 0 Å². The number of benzene rings is 1. The minimum absolute atomic E-state index is 0.804. The van der Waals surface area contributed by atoms with Gasteiger partial charge in [-0.2, -0.15) is 0 Å². The van der Waals surface area contributed by atoms with Crippen LogP contribution < -0.4 is 0 Å². The van der Waals surface area contributed by atoms with Gasteiger partial charge in [0, 0.05) is 11.2 Å². The van der Waals surface area contributed by atoms with Crippen molar-refractivity contribution in [2.75, 3.05) is 20.6 Å². The third-order valence-electron chi connectivity index (χ3n) is 5.53. The average molecular weight is 285 g/mol. The maximum absolute atomic E-state index is 2.41. The molecule has 4 rings (SSSR count). The number of thiophene rings is 1. The van der Waals surface area contributed by atoms with Gasteiger partial charge in [-0.05, 0) is 79.4 Å². The minimum atomic E-state index is 0.804. The van der Waals surface area contributed by atoms with E-state index in [2.05, 4.69) is 48.6 Å². The zero-order chi connectivity index (χ0) is 13.7. The predicted octanol–water partition coefficient (Wildman–Crippen LogP) is 4.59. The summed E-state index contributed by atoms with van der Waals surface area (Å²) in [4.78, 5) is 2.40. The summed E-state index contributed by atoms with van der Waals surface area (Å²) in [6.45, 7) is 1.26. The van der Waals surface area contributed by atoms with Gasteiger partial charge < -0.3 is 4.90 Å². The van der Waals surface area contributed by atoms with Gasteiger partial charge in [0.05, 0.1) is 0 Å². The molecule has 1 nitrogen and oxygen atoms in total. The van der Waals surface area contributed by atoms with Crippen LogP contribution >= 0.6 is 11.3 Å². The van der Waals surface area contributed by atoms with Crippen LogP contribution in [0.4, 0.5) is 0 Å². The molecule has 0 saturated heterocycles. The standard InChI is InChI=1S/C18H23NS/c1-19(2)11-16-13-6-7-14(10-13)17(16)15-5-3-4-12-8-9-20-18(12)15/h3-5,8-9,13-14,16-17H,6-7,10-11H2,1-2H3/t13-,14+,16-,17-/m0/s1. The zero-order valence-corrected chi connectivity index (χ0v) is 13.2. The molecule has 1 heterocycles. The van der Waals surface area contributed by atoms with Crippen molar-refractivity contribution in [1.29, 1.82) is 0 Å². The van der Waals surface area contributed by atoms with Crippen LogP contribution in [0.5, 0.6) is 0 Å². The molecule has 2 heteroatoms. The summed E-state index contributed by atoms with van der Waals surface area (Å²) in [5, 5.41) is 3.70. The molecule has 1 aromatic carbocycles. The van der Waals surface area contributed by atoms with Gasteiger partial charge in [0.1, 0.15) is 0 Å². The first-order valence-corrected chi connectivity index (χ1v) is 8.73. The Morgan fingerprint density at radius 3 is 2.85 bits per heavy atom. The number of hydrogen-bond donors (Lipinski definition) is 0. The normalized spacial score (nSPS) is 32.5. The molecule has 20 heavy (non-hydrogen) atoms. The van der Waals surface area contributed by atoms with Gasteiger partial charge in [-0.1, -0.05) is 18.2 Å². The first-order valence-electron chi connectivity index (χ1n) is 7.85. The zero-order valence-electron chi connectivity index (χ0n) is 12.4. The largest absolute Gasteiger partial charge is 0.309 e. The first-order chi connectivity index (χ1) is 9.74. The quantitative estimate of drug-likeness (QED) is 0.797. The van der Waals surface area contributed by atoms with Gasteiger partial charge in [-0.15, -0.1) is 11.3 Å². The molecule has 2 aliphatic rings. The van der Waals surface area contributed by atoms with Crippen molar-refractivity contribution in [3.63, 3.8) is 0 Å². The molecule has 2 saturated carbocycles. The van der Waals surface area contributed by atoms with Crippen molar-refractivity contribution in [3.8, 4) is 0 Å². The molecule has 4 atom stereocenters.